The van der Waals surface area contributed by atoms with Gasteiger partial charge in [0.25, 0.3) is 23.4 Å². The average Bonchev–Trinajstić information content (AvgIpc) is 3.03. The molecule has 1 heterocycles. The number of nitro benzene ring substituents is 1. The summed E-state index contributed by atoms with van der Waals surface area (Å²) in [5, 5.41) is 11.2. The Balaban J connectivity index is 1.77. The summed E-state index contributed by atoms with van der Waals surface area (Å²) in [7, 11) is 0. The number of hydrogen-bond acceptors (Lipinski definition) is 5. The fourth-order valence-corrected chi connectivity index (χ4v) is 3.68. The zero-order valence-electron chi connectivity index (χ0n) is 17.4. The van der Waals surface area contributed by atoms with E-state index in [1.807, 2.05) is 26.0 Å². The fourth-order valence-electron chi connectivity index (χ4n) is 3.68. The molecule has 8 heteroatoms. The van der Waals surface area contributed by atoms with Gasteiger partial charge in [0.2, 0.25) is 0 Å². The minimum Gasteiger partial charge on any atom is -0.289 e. The molecule has 0 fully saturated rings. The summed E-state index contributed by atoms with van der Waals surface area (Å²) in [5.41, 5.74) is 2.56. The fraction of sp³-hybridized carbons (Fsp3) is 0.125. The summed E-state index contributed by atoms with van der Waals surface area (Å²) >= 11 is 0. The van der Waals surface area contributed by atoms with Crippen LogP contribution in [0.15, 0.2) is 66.7 Å². The quantitative estimate of drug-likeness (QED) is 0.345. The van der Waals surface area contributed by atoms with Gasteiger partial charge in [-0.1, -0.05) is 30.3 Å². The molecule has 32 heavy (non-hydrogen) atoms. The molecule has 0 unspecified atom stereocenters. The Bertz CT molecular complexity index is 1250. The van der Waals surface area contributed by atoms with E-state index in [4.69, 9.17) is 0 Å². The van der Waals surface area contributed by atoms with Crippen molar-refractivity contribution in [2.24, 2.45) is 0 Å². The van der Waals surface area contributed by atoms with E-state index in [0.717, 1.165) is 16.0 Å². The van der Waals surface area contributed by atoms with Crippen LogP contribution in [0.2, 0.25) is 0 Å². The third-order valence-electron chi connectivity index (χ3n) is 5.37. The van der Waals surface area contributed by atoms with E-state index >= 15 is 0 Å². The number of imide groups is 1. The van der Waals surface area contributed by atoms with Gasteiger partial charge in [-0.3, -0.25) is 34.3 Å². The van der Waals surface area contributed by atoms with E-state index < -0.39 is 22.6 Å². The number of aryl methyl sites for hydroxylation is 2. The standard InChI is InChI=1S/C24H19N3O5/c1-15-10-11-16(2)21(12-15)25(22(28)17-6-5-7-18(13-17)27(31)32)14-26-23(29)19-8-3-4-9-20(19)24(26)30/h3-13H,14H2,1-2H3. The molecule has 0 bridgehead atoms. The monoisotopic (exact) mass is 429 g/mol. The number of rotatable bonds is 5. The number of carbonyl (C=O) groups is 3. The normalized spacial score (nSPS) is 12.6. The van der Waals surface area contributed by atoms with Crippen molar-refractivity contribution >= 4 is 29.1 Å². The van der Waals surface area contributed by atoms with Crippen LogP contribution in [0.4, 0.5) is 11.4 Å². The summed E-state index contributed by atoms with van der Waals surface area (Å²) in [4.78, 5) is 52.3. The van der Waals surface area contributed by atoms with Crippen LogP contribution in [-0.2, 0) is 0 Å². The lowest BCUT2D eigenvalue weighted by atomic mass is 10.1. The van der Waals surface area contributed by atoms with Crippen molar-refractivity contribution < 1.29 is 19.3 Å². The molecule has 0 saturated carbocycles. The molecule has 0 radical (unpaired) electrons. The van der Waals surface area contributed by atoms with Gasteiger partial charge in [-0.2, -0.15) is 0 Å². The maximum atomic E-state index is 13.5. The summed E-state index contributed by atoms with van der Waals surface area (Å²) in [6.45, 7) is 3.35. The van der Waals surface area contributed by atoms with Gasteiger partial charge in [0.15, 0.2) is 0 Å². The van der Waals surface area contributed by atoms with E-state index in [0.29, 0.717) is 5.69 Å². The molecule has 1 aliphatic rings. The zero-order valence-corrected chi connectivity index (χ0v) is 17.4. The van der Waals surface area contributed by atoms with Crippen molar-refractivity contribution in [3.8, 4) is 0 Å². The second kappa shape index (κ2) is 8.07. The Kier molecular flexibility index (Phi) is 5.28. The van der Waals surface area contributed by atoms with Gasteiger partial charge in [0.05, 0.1) is 16.1 Å². The lowest BCUT2D eigenvalue weighted by molar-refractivity contribution is -0.384. The SMILES string of the molecule is Cc1ccc(C)c(N(CN2C(=O)c3ccccc3C2=O)C(=O)c2cccc([N+](=O)[O-])c2)c1. The number of benzene rings is 3. The maximum Gasteiger partial charge on any atom is 0.270 e. The highest BCUT2D eigenvalue weighted by Gasteiger charge is 2.37. The summed E-state index contributed by atoms with van der Waals surface area (Å²) in [5.74, 6) is -1.54. The van der Waals surface area contributed by atoms with Crippen molar-refractivity contribution in [3.63, 3.8) is 0 Å². The highest BCUT2D eigenvalue weighted by molar-refractivity contribution is 6.22. The minimum atomic E-state index is -0.580. The van der Waals surface area contributed by atoms with Crippen molar-refractivity contribution in [1.82, 2.24) is 4.90 Å². The molecule has 0 atom stereocenters. The number of hydrogen-bond donors (Lipinski definition) is 0. The molecule has 0 N–H and O–H groups in total. The van der Waals surface area contributed by atoms with Crippen molar-refractivity contribution in [2.45, 2.75) is 13.8 Å². The van der Waals surface area contributed by atoms with E-state index in [1.165, 1.54) is 29.2 Å². The minimum absolute atomic E-state index is 0.0803. The van der Waals surface area contributed by atoms with Crippen LogP contribution in [0.1, 0.15) is 42.2 Å². The van der Waals surface area contributed by atoms with Crippen LogP contribution in [0.3, 0.4) is 0 Å². The van der Waals surface area contributed by atoms with Crippen molar-refractivity contribution in [1.29, 1.82) is 0 Å². The number of carbonyl (C=O) groups excluding carboxylic acids is 3. The molecule has 0 aromatic heterocycles. The lowest BCUT2D eigenvalue weighted by Crippen LogP contribution is -2.44. The third kappa shape index (κ3) is 3.62. The van der Waals surface area contributed by atoms with E-state index in [1.54, 1.807) is 30.3 Å². The first-order valence-electron chi connectivity index (χ1n) is 9.86. The Morgan fingerprint density at radius 1 is 0.938 bits per heavy atom. The summed E-state index contributed by atoms with van der Waals surface area (Å²) in [6.07, 6.45) is 0. The molecule has 3 amide bonds. The van der Waals surface area contributed by atoms with E-state index in [-0.39, 0.29) is 29.0 Å². The topological polar surface area (TPSA) is 101 Å². The van der Waals surface area contributed by atoms with Gasteiger partial charge in [0, 0.05) is 23.4 Å². The maximum absolute atomic E-state index is 13.5. The molecule has 0 saturated heterocycles. The van der Waals surface area contributed by atoms with E-state index in [2.05, 4.69) is 0 Å². The number of amides is 3. The Labute approximate surface area is 183 Å². The molecule has 160 valence electrons. The molecule has 1 aliphatic heterocycles. The molecule has 0 spiro atoms. The smallest absolute Gasteiger partial charge is 0.270 e. The van der Waals surface area contributed by atoms with Gasteiger partial charge in [-0.15, -0.1) is 0 Å². The third-order valence-corrected chi connectivity index (χ3v) is 5.37. The average molecular weight is 429 g/mol. The van der Waals surface area contributed by atoms with Crippen LogP contribution in [-0.4, -0.2) is 34.2 Å². The van der Waals surface area contributed by atoms with Crippen LogP contribution >= 0.6 is 0 Å². The number of nitrogens with zero attached hydrogens (tertiary/aromatic N) is 3. The summed E-state index contributed by atoms with van der Waals surface area (Å²) < 4.78 is 0. The molecule has 3 aromatic rings. The molecule has 0 aliphatic carbocycles. The number of anilines is 1. The number of nitro groups is 1. The predicted molar refractivity (Wildman–Crippen MR) is 118 cm³/mol. The van der Waals surface area contributed by atoms with Crippen molar-refractivity contribution in [2.75, 3.05) is 11.6 Å². The largest absolute Gasteiger partial charge is 0.289 e. The number of fused-ring (bicyclic) bond motifs is 1. The van der Waals surface area contributed by atoms with Crippen LogP contribution in [0, 0.1) is 24.0 Å². The molecule has 3 aromatic carbocycles. The first-order valence-corrected chi connectivity index (χ1v) is 9.86. The number of non-ortho nitro benzene ring substituents is 1. The van der Waals surface area contributed by atoms with Gasteiger partial charge >= 0.3 is 0 Å². The first-order chi connectivity index (χ1) is 15.3. The van der Waals surface area contributed by atoms with Gasteiger partial charge in [-0.05, 0) is 49.2 Å². The second-order valence-electron chi connectivity index (χ2n) is 7.56. The van der Waals surface area contributed by atoms with Crippen LogP contribution < -0.4 is 4.90 Å². The van der Waals surface area contributed by atoms with Gasteiger partial charge in [0.1, 0.15) is 6.67 Å². The van der Waals surface area contributed by atoms with Gasteiger partial charge in [-0.25, -0.2) is 0 Å². The summed E-state index contributed by atoms with van der Waals surface area (Å²) in [6, 6.07) is 17.4. The molecular formula is C24H19N3O5. The highest BCUT2D eigenvalue weighted by Crippen LogP contribution is 2.28. The lowest BCUT2D eigenvalue weighted by Gasteiger charge is -2.28. The van der Waals surface area contributed by atoms with E-state index in [9.17, 15) is 24.5 Å². The van der Waals surface area contributed by atoms with Gasteiger partial charge < -0.3 is 0 Å². The Morgan fingerprint density at radius 3 is 2.22 bits per heavy atom. The zero-order chi connectivity index (χ0) is 23.0. The second-order valence-corrected chi connectivity index (χ2v) is 7.56. The highest BCUT2D eigenvalue weighted by atomic mass is 16.6. The first kappa shape index (κ1) is 20.9. The molecule has 4 rings (SSSR count). The predicted octanol–water partition coefficient (Wildman–Crippen LogP) is 4.11. The van der Waals surface area contributed by atoms with Crippen molar-refractivity contribution in [3.05, 3.63) is 105 Å². The Hall–Kier alpha value is -4.33. The molecular weight excluding hydrogens is 410 g/mol. The molecule has 8 nitrogen and oxygen atoms in total. The van der Waals surface area contributed by atoms with Crippen LogP contribution in [0.25, 0.3) is 0 Å². The Morgan fingerprint density at radius 2 is 1.59 bits per heavy atom. The van der Waals surface area contributed by atoms with Crippen LogP contribution in [0.5, 0.6) is 0 Å².